The molecule has 2 aliphatic carbocycles. The van der Waals surface area contributed by atoms with Gasteiger partial charge in [-0.25, -0.2) is 8.78 Å². The maximum atomic E-state index is 15.6. The number of unbranched alkanes of at least 4 members (excludes halogenated alkanes) is 1. The minimum Gasteiger partial charge on any atom is -0.239 e. The van der Waals surface area contributed by atoms with Crippen molar-refractivity contribution in [2.45, 2.75) is 83.2 Å². The summed E-state index contributed by atoms with van der Waals surface area (Å²) in [5, 5.41) is 1.20. The molecular formula is C33H40F2. The van der Waals surface area contributed by atoms with Crippen molar-refractivity contribution in [2.24, 2.45) is 11.3 Å². The van der Waals surface area contributed by atoms with Crippen molar-refractivity contribution in [2.75, 3.05) is 0 Å². The van der Waals surface area contributed by atoms with Gasteiger partial charge < -0.3 is 0 Å². The summed E-state index contributed by atoms with van der Waals surface area (Å²) in [5.41, 5.74) is 1.78. The van der Waals surface area contributed by atoms with Gasteiger partial charge in [0.1, 0.15) is 5.83 Å². The van der Waals surface area contributed by atoms with Crippen LogP contribution in [0.3, 0.4) is 0 Å². The lowest BCUT2D eigenvalue weighted by Crippen LogP contribution is -2.43. The van der Waals surface area contributed by atoms with E-state index >= 15 is 8.78 Å². The maximum Gasteiger partial charge on any atom is 0.161 e. The fraction of sp³-hybridized carbons (Fsp3) is 0.455. The van der Waals surface area contributed by atoms with Crippen LogP contribution in [0.4, 0.5) is 8.78 Å². The average molecular weight is 475 g/mol. The summed E-state index contributed by atoms with van der Waals surface area (Å²) in [5.74, 6) is 0.759. The first-order chi connectivity index (χ1) is 17.1. The zero-order valence-electron chi connectivity index (χ0n) is 21.2. The second kappa shape index (κ2) is 12.0. The van der Waals surface area contributed by atoms with E-state index in [0.29, 0.717) is 30.4 Å². The topological polar surface area (TPSA) is 0 Å². The van der Waals surface area contributed by atoms with Gasteiger partial charge in [-0.15, -0.1) is 6.58 Å². The molecule has 0 aromatic heterocycles. The largest absolute Gasteiger partial charge is 0.239 e. The molecule has 0 nitrogen and oxygen atoms in total. The number of fused-ring (bicyclic) bond motifs is 1. The summed E-state index contributed by atoms with van der Waals surface area (Å²) < 4.78 is 30.6. The highest BCUT2D eigenvalue weighted by Crippen LogP contribution is 2.43. The Kier molecular flexibility index (Phi) is 8.76. The lowest BCUT2D eigenvalue weighted by Gasteiger charge is -2.35. The molecule has 0 amide bonds. The van der Waals surface area contributed by atoms with Crippen molar-refractivity contribution in [3.63, 3.8) is 0 Å². The van der Waals surface area contributed by atoms with Gasteiger partial charge >= 0.3 is 0 Å². The Morgan fingerprint density at radius 1 is 0.971 bits per heavy atom. The molecule has 0 aliphatic heterocycles. The molecular weight excluding hydrogens is 434 g/mol. The van der Waals surface area contributed by atoms with E-state index in [0.717, 1.165) is 17.6 Å². The van der Waals surface area contributed by atoms with Gasteiger partial charge in [0.25, 0.3) is 0 Å². The molecule has 0 bridgehead atoms. The molecule has 0 N–H and O–H groups in total. The minimum atomic E-state index is -1.61. The third-order valence-corrected chi connectivity index (χ3v) is 8.17. The van der Waals surface area contributed by atoms with Crippen molar-refractivity contribution in [3.8, 4) is 0 Å². The second-order valence-corrected chi connectivity index (χ2v) is 10.6. The Balaban J connectivity index is 1.43. The van der Waals surface area contributed by atoms with E-state index in [4.69, 9.17) is 0 Å². The number of rotatable bonds is 10. The zero-order valence-corrected chi connectivity index (χ0v) is 21.2. The van der Waals surface area contributed by atoms with Crippen molar-refractivity contribution in [1.82, 2.24) is 0 Å². The highest BCUT2D eigenvalue weighted by molar-refractivity contribution is 5.55. The molecule has 0 heterocycles. The number of hydrogen-bond acceptors (Lipinski definition) is 0. The number of hydrogen-bond donors (Lipinski definition) is 0. The number of allylic oxidation sites excluding steroid dienone is 3. The van der Waals surface area contributed by atoms with Crippen molar-refractivity contribution in [3.05, 3.63) is 94.9 Å². The average Bonchev–Trinajstić information content (AvgIpc) is 2.90. The van der Waals surface area contributed by atoms with Crippen LogP contribution in [0.15, 0.2) is 73.3 Å². The summed E-state index contributed by atoms with van der Waals surface area (Å²) in [7, 11) is 0. The first-order valence-electron chi connectivity index (χ1n) is 13.5. The molecule has 0 radical (unpaired) electrons. The monoisotopic (exact) mass is 474 g/mol. The van der Waals surface area contributed by atoms with E-state index < -0.39 is 17.4 Å². The molecule has 2 atom stereocenters. The van der Waals surface area contributed by atoms with Crippen LogP contribution >= 0.6 is 0 Å². The standard InChI is InChI=1S/C33H40F2/c1-3-5-7-10-25-13-17-27(18-14-25)28-19-15-26(16-20-28)21-23-33(22-6-4-2)24-29-11-8-9-12-30(29)31(34)32(33)35/h4,7-12,15-16,19-20,24-25,27,32H,2-3,5-6,13-14,17-18,21-23H2,1H3/b10-7+. The van der Waals surface area contributed by atoms with Crippen molar-refractivity contribution >= 4 is 11.9 Å². The maximum absolute atomic E-state index is 15.6. The number of halogens is 2. The summed E-state index contributed by atoms with van der Waals surface area (Å²) >= 11 is 0. The molecule has 1 saturated carbocycles. The molecule has 2 heteroatoms. The smallest absolute Gasteiger partial charge is 0.161 e. The van der Waals surface area contributed by atoms with Crippen LogP contribution < -0.4 is 10.4 Å². The van der Waals surface area contributed by atoms with E-state index in [2.05, 4.69) is 49.9 Å². The third kappa shape index (κ3) is 6.02. The molecule has 1 fully saturated rings. The molecule has 2 aliphatic rings. The van der Waals surface area contributed by atoms with Crippen LogP contribution in [-0.4, -0.2) is 6.17 Å². The van der Waals surface area contributed by atoms with Gasteiger partial charge in [0, 0.05) is 10.6 Å². The van der Waals surface area contributed by atoms with E-state index in [-0.39, 0.29) is 0 Å². The van der Waals surface area contributed by atoms with Crippen LogP contribution in [0.1, 0.15) is 81.8 Å². The first-order valence-corrected chi connectivity index (χ1v) is 13.5. The quantitative estimate of drug-likeness (QED) is 0.305. The number of aryl methyl sites for hydroxylation is 1. The van der Waals surface area contributed by atoms with Gasteiger partial charge in [-0.05, 0) is 86.0 Å². The molecule has 0 saturated heterocycles. The van der Waals surface area contributed by atoms with Crippen LogP contribution in [0.25, 0.3) is 11.9 Å². The van der Waals surface area contributed by atoms with Crippen LogP contribution in [-0.2, 0) is 6.42 Å². The van der Waals surface area contributed by atoms with Crippen LogP contribution in [0.5, 0.6) is 0 Å². The summed E-state index contributed by atoms with van der Waals surface area (Å²) in [6.07, 6.45) is 17.0. The SMILES string of the molecule is C=CCCC1(CCc2ccc(C3CCC(/C=C/CCC)CC3)cc2)C=c2ccccc2=C(F)C1F. The van der Waals surface area contributed by atoms with Crippen LogP contribution in [0.2, 0.25) is 0 Å². The normalized spacial score (nSPS) is 26.4. The Labute approximate surface area is 210 Å². The molecule has 2 aromatic carbocycles. The minimum absolute atomic E-state index is 0.397. The molecule has 186 valence electrons. The highest BCUT2D eigenvalue weighted by atomic mass is 19.2. The molecule has 0 spiro atoms. The molecule has 4 rings (SSSR count). The fourth-order valence-electron chi connectivity index (χ4n) is 5.94. The summed E-state index contributed by atoms with van der Waals surface area (Å²) in [6.45, 7) is 6.05. The summed E-state index contributed by atoms with van der Waals surface area (Å²) in [4.78, 5) is 0. The number of benzene rings is 2. The molecule has 2 aromatic rings. The van der Waals surface area contributed by atoms with Crippen LogP contribution in [0, 0.1) is 11.3 Å². The zero-order chi connectivity index (χ0) is 24.7. The van der Waals surface area contributed by atoms with Crippen molar-refractivity contribution < 1.29 is 8.78 Å². The third-order valence-electron chi connectivity index (χ3n) is 8.17. The number of alkyl halides is 1. The van der Waals surface area contributed by atoms with E-state index in [1.807, 2.05) is 24.3 Å². The Bertz CT molecular complexity index is 1120. The fourth-order valence-corrected chi connectivity index (χ4v) is 5.94. The van der Waals surface area contributed by atoms with E-state index in [1.54, 1.807) is 12.1 Å². The Morgan fingerprint density at radius 2 is 1.71 bits per heavy atom. The Morgan fingerprint density at radius 3 is 2.43 bits per heavy atom. The van der Waals surface area contributed by atoms with E-state index in [1.165, 1.54) is 49.7 Å². The molecule has 2 unspecified atom stereocenters. The van der Waals surface area contributed by atoms with Gasteiger partial charge in [-0.2, -0.15) is 0 Å². The van der Waals surface area contributed by atoms with Gasteiger partial charge in [-0.1, -0.05) is 86.2 Å². The molecule has 35 heavy (non-hydrogen) atoms. The van der Waals surface area contributed by atoms with E-state index in [9.17, 15) is 0 Å². The Hall–Kier alpha value is -2.48. The predicted molar refractivity (Wildman–Crippen MR) is 145 cm³/mol. The van der Waals surface area contributed by atoms with Gasteiger partial charge in [0.05, 0.1) is 0 Å². The van der Waals surface area contributed by atoms with Crippen molar-refractivity contribution in [1.29, 1.82) is 0 Å². The second-order valence-electron chi connectivity index (χ2n) is 10.6. The van der Waals surface area contributed by atoms with Gasteiger partial charge in [-0.3, -0.25) is 0 Å². The lowest BCUT2D eigenvalue weighted by molar-refractivity contribution is 0.180. The lowest BCUT2D eigenvalue weighted by atomic mass is 9.71. The van der Waals surface area contributed by atoms with Gasteiger partial charge in [0.2, 0.25) is 0 Å². The summed E-state index contributed by atoms with van der Waals surface area (Å²) in [6, 6.07) is 16.2. The van der Waals surface area contributed by atoms with Gasteiger partial charge in [0.15, 0.2) is 6.17 Å². The first kappa shape index (κ1) is 25.6. The predicted octanol–water partition coefficient (Wildman–Crippen LogP) is 8.11. The highest BCUT2D eigenvalue weighted by Gasteiger charge is 2.41.